The molecule has 1 heterocycles. The number of benzene rings is 1. The van der Waals surface area contributed by atoms with Gasteiger partial charge < -0.3 is 5.32 Å². The van der Waals surface area contributed by atoms with Crippen molar-refractivity contribution in [3.8, 4) is 0 Å². The van der Waals surface area contributed by atoms with Crippen molar-refractivity contribution in [2.45, 2.75) is 6.92 Å². The molecule has 0 radical (unpaired) electrons. The zero-order valence-electron chi connectivity index (χ0n) is 8.90. The molecule has 1 aromatic heterocycles. The Hall–Kier alpha value is -2.08. The summed E-state index contributed by atoms with van der Waals surface area (Å²) in [5, 5.41) is 20.6. The Kier molecular flexibility index (Phi) is 2.97. The molecule has 1 aromatic carbocycles. The maximum Gasteiger partial charge on any atom is 0.333 e. The Morgan fingerprint density at radius 1 is 1.47 bits per heavy atom. The Bertz CT molecular complexity index is 567. The first-order valence-corrected chi connectivity index (χ1v) is 5.18. The van der Waals surface area contributed by atoms with Crippen LogP contribution in [0.3, 0.4) is 0 Å². The minimum atomic E-state index is -0.488. The van der Waals surface area contributed by atoms with Crippen LogP contribution in [0.25, 0.3) is 0 Å². The number of nitrogens with one attached hydrogen (secondary N) is 2. The highest BCUT2D eigenvalue weighted by atomic mass is 35.5. The van der Waals surface area contributed by atoms with E-state index in [0.29, 0.717) is 16.4 Å². The Morgan fingerprint density at radius 3 is 2.82 bits per heavy atom. The summed E-state index contributed by atoms with van der Waals surface area (Å²) in [7, 11) is 0. The smallest absolute Gasteiger partial charge is 0.332 e. The van der Waals surface area contributed by atoms with Crippen LogP contribution in [-0.2, 0) is 0 Å². The van der Waals surface area contributed by atoms with Gasteiger partial charge in [-0.2, -0.15) is 0 Å². The largest absolute Gasteiger partial charge is 0.333 e. The Balaban J connectivity index is 2.37. The molecular weight excluding hydrogens is 244 g/mol. The number of rotatable bonds is 3. The minimum Gasteiger partial charge on any atom is -0.332 e. The lowest BCUT2D eigenvalue weighted by Crippen LogP contribution is -1.96. The highest BCUT2D eigenvalue weighted by Crippen LogP contribution is 2.30. The van der Waals surface area contributed by atoms with Crippen molar-refractivity contribution in [3.63, 3.8) is 0 Å². The molecule has 2 N–H and O–H groups in total. The first kappa shape index (κ1) is 11.4. The molecule has 0 atom stereocenters. The van der Waals surface area contributed by atoms with Gasteiger partial charge in [0.05, 0.1) is 15.6 Å². The lowest BCUT2D eigenvalue weighted by molar-refractivity contribution is -0.384. The highest BCUT2D eigenvalue weighted by Gasteiger charge is 2.21. The van der Waals surface area contributed by atoms with Crippen molar-refractivity contribution in [2.24, 2.45) is 0 Å². The molecule has 0 unspecified atom stereocenters. The number of H-pyrrole nitrogens is 1. The fourth-order valence-electron chi connectivity index (χ4n) is 1.42. The molecule has 7 heteroatoms. The van der Waals surface area contributed by atoms with Crippen LogP contribution in [0.1, 0.15) is 5.69 Å². The van der Waals surface area contributed by atoms with Gasteiger partial charge in [0.1, 0.15) is 5.69 Å². The van der Waals surface area contributed by atoms with Crippen LogP contribution < -0.4 is 5.32 Å². The van der Waals surface area contributed by atoms with E-state index in [1.807, 2.05) is 0 Å². The number of para-hydroxylation sites is 1. The van der Waals surface area contributed by atoms with Crippen LogP contribution in [0.5, 0.6) is 0 Å². The molecule has 0 saturated heterocycles. The number of nitrogens with zero attached hydrogens (tertiary/aromatic N) is 2. The number of anilines is 2. The molecule has 0 bridgehead atoms. The summed E-state index contributed by atoms with van der Waals surface area (Å²) in [6.07, 6.45) is 0. The second kappa shape index (κ2) is 4.42. The lowest BCUT2D eigenvalue weighted by Gasteiger charge is -2.04. The molecule has 17 heavy (non-hydrogen) atoms. The Labute approximate surface area is 102 Å². The van der Waals surface area contributed by atoms with E-state index in [1.165, 1.54) is 0 Å². The lowest BCUT2D eigenvalue weighted by atomic mass is 10.3. The van der Waals surface area contributed by atoms with Crippen molar-refractivity contribution in [2.75, 3.05) is 5.32 Å². The number of halogens is 1. The van der Waals surface area contributed by atoms with E-state index in [1.54, 1.807) is 31.2 Å². The zero-order valence-corrected chi connectivity index (χ0v) is 9.65. The molecule has 0 saturated carbocycles. The van der Waals surface area contributed by atoms with Gasteiger partial charge in [0, 0.05) is 0 Å². The summed E-state index contributed by atoms with van der Waals surface area (Å²) in [6, 6.07) is 6.96. The van der Waals surface area contributed by atoms with Crippen LogP contribution in [-0.4, -0.2) is 15.1 Å². The number of hydrogen-bond acceptors (Lipinski definition) is 4. The van der Waals surface area contributed by atoms with Gasteiger partial charge in [-0.15, -0.1) is 5.10 Å². The number of nitro groups is 1. The maximum atomic E-state index is 10.9. The predicted octanol–water partition coefficient (Wildman–Crippen LogP) is 3.02. The van der Waals surface area contributed by atoms with E-state index >= 15 is 0 Å². The third-order valence-electron chi connectivity index (χ3n) is 2.22. The molecule has 0 amide bonds. The van der Waals surface area contributed by atoms with Gasteiger partial charge in [-0.3, -0.25) is 15.2 Å². The van der Waals surface area contributed by atoms with Gasteiger partial charge in [0.2, 0.25) is 5.82 Å². The fourth-order valence-corrected chi connectivity index (χ4v) is 1.61. The van der Waals surface area contributed by atoms with E-state index < -0.39 is 4.92 Å². The average Bonchev–Trinajstić information content (AvgIpc) is 2.63. The maximum absolute atomic E-state index is 10.9. The van der Waals surface area contributed by atoms with Crippen molar-refractivity contribution in [1.29, 1.82) is 0 Å². The summed E-state index contributed by atoms with van der Waals surface area (Å²) in [5.74, 6) is 0.153. The van der Waals surface area contributed by atoms with E-state index in [9.17, 15) is 10.1 Å². The highest BCUT2D eigenvalue weighted by molar-refractivity contribution is 6.33. The number of hydrogen-bond donors (Lipinski definition) is 2. The summed E-state index contributed by atoms with van der Waals surface area (Å²) >= 11 is 5.94. The quantitative estimate of drug-likeness (QED) is 0.650. The summed E-state index contributed by atoms with van der Waals surface area (Å²) < 4.78 is 0. The molecule has 2 rings (SSSR count). The topological polar surface area (TPSA) is 83.8 Å². The normalized spacial score (nSPS) is 10.2. The third-order valence-corrected chi connectivity index (χ3v) is 2.55. The second-order valence-corrected chi connectivity index (χ2v) is 3.81. The van der Waals surface area contributed by atoms with Crippen LogP contribution in [0.2, 0.25) is 5.02 Å². The van der Waals surface area contributed by atoms with Crippen LogP contribution in [0, 0.1) is 17.0 Å². The van der Waals surface area contributed by atoms with Crippen molar-refractivity contribution in [3.05, 3.63) is 45.1 Å². The van der Waals surface area contributed by atoms with Gasteiger partial charge in [0.15, 0.2) is 0 Å². The molecule has 0 aliphatic heterocycles. The molecule has 0 aliphatic carbocycles. The molecule has 0 fully saturated rings. The van der Waals surface area contributed by atoms with Crippen LogP contribution >= 0.6 is 11.6 Å². The van der Waals surface area contributed by atoms with Crippen molar-refractivity contribution >= 4 is 28.8 Å². The SMILES string of the molecule is Cc1[nH]nc(Nc2ccccc2Cl)c1[N+](=O)[O-]. The minimum absolute atomic E-state index is 0.0788. The third kappa shape index (κ3) is 2.21. The standard InChI is InChI=1S/C10H9ClN4O2/c1-6-9(15(16)17)10(14-13-6)12-8-5-3-2-4-7(8)11/h2-5H,1H3,(H2,12,13,14). The van der Waals surface area contributed by atoms with Gasteiger partial charge in [-0.05, 0) is 19.1 Å². The molecule has 0 aliphatic rings. The molecule has 88 valence electrons. The first-order valence-electron chi connectivity index (χ1n) is 4.80. The first-order chi connectivity index (χ1) is 8.09. The van der Waals surface area contributed by atoms with Gasteiger partial charge in [-0.25, -0.2) is 0 Å². The van der Waals surface area contributed by atoms with E-state index in [2.05, 4.69) is 15.5 Å². The van der Waals surface area contributed by atoms with Crippen LogP contribution in [0.4, 0.5) is 17.2 Å². The van der Waals surface area contributed by atoms with Gasteiger partial charge in [-0.1, -0.05) is 23.7 Å². The number of aryl methyl sites for hydroxylation is 1. The summed E-state index contributed by atoms with van der Waals surface area (Å²) in [5.41, 5.74) is 0.887. The number of aromatic nitrogens is 2. The molecule has 0 spiro atoms. The average molecular weight is 253 g/mol. The van der Waals surface area contributed by atoms with Gasteiger partial charge >= 0.3 is 5.69 Å². The Morgan fingerprint density at radius 2 is 2.18 bits per heavy atom. The number of aromatic amines is 1. The fraction of sp³-hybridized carbons (Fsp3) is 0.100. The van der Waals surface area contributed by atoms with E-state index in [4.69, 9.17) is 11.6 Å². The predicted molar refractivity (Wildman–Crippen MR) is 64.7 cm³/mol. The summed E-state index contributed by atoms with van der Waals surface area (Å²) in [4.78, 5) is 10.4. The molecular formula is C10H9ClN4O2. The zero-order chi connectivity index (χ0) is 12.4. The van der Waals surface area contributed by atoms with E-state index in [0.717, 1.165) is 0 Å². The van der Waals surface area contributed by atoms with Crippen molar-refractivity contribution in [1.82, 2.24) is 10.2 Å². The second-order valence-electron chi connectivity index (χ2n) is 3.41. The van der Waals surface area contributed by atoms with Crippen molar-refractivity contribution < 1.29 is 4.92 Å². The summed E-state index contributed by atoms with van der Waals surface area (Å²) in [6.45, 7) is 1.59. The molecule has 6 nitrogen and oxygen atoms in total. The monoisotopic (exact) mass is 252 g/mol. The van der Waals surface area contributed by atoms with Crippen LogP contribution in [0.15, 0.2) is 24.3 Å². The van der Waals surface area contributed by atoms with Gasteiger partial charge in [0.25, 0.3) is 0 Å². The van der Waals surface area contributed by atoms with E-state index in [-0.39, 0.29) is 11.5 Å². The molecule has 2 aromatic rings.